The maximum atomic E-state index is 6.31. The van der Waals surface area contributed by atoms with Crippen LogP contribution in [0.5, 0.6) is 0 Å². The third-order valence-electron chi connectivity index (χ3n) is 2.97. The van der Waals surface area contributed by atoms with Gasteiger partial charge in [-0.3, -0.25) is 0 Å². The van der Waals surface area contributed by atoms with Crippen molar-refractivity contribution < 1.29 is 0 Å². The number of anilines is 1. The van der Waals surface area contributed by atoms with E-state index in [-0.39, 0.29) is 6.04 Å². The van der Waals surface area contributed by atoms with Crippen molar-refractivity contribution >= 4 is 22.3 Å². The first kappa shape index (κ1) is 10.4. The van der Waals surface area contributed by atoms with E-state index in [0.717, 1.165) is 16.3 Å². The van der Waals surface area contributed by atoms with Gasteiger partial charge in [0.25, 0.3) is 0 Å². The van der Waals surface area contributed by atoms with Gasteiger partial charge in [-0.1, -0.05) is 60.1 Å². The van der Waals surface area contributed by atoms with Gasteiger partial charge in [-0.15, -0.1) is 0 Å². The van der Waals surface area contributed by atoms with Gasteiger partial charge in [-0.2, -0.15) is 0 Å². The molecule has 1 N–H and O–H groups in total. The molecule has 0 amide bonds. The van der Waals surface area contributed by atoms with Crippen LogP contribution in [0.25, 0.3) is 5.03 Å². The molecule has 1 nitrogen and oxygen atoms in total. The number of hydrogen-bond acceptors (Lipinski definition) is 1. The van der Waals surface area contributed by atoms with E-state index < -0.39 is 0 Å². The fourth-order valence-corrected chi connectivity index (χ4v) is 2.39. The molecule has 3 rings (SSSR count). The van der Waals surface area contributed by atoms with E-state index in [4.69, 9.17) is 11.6 Å². The van der Waals surface area contributed by atoms with Gasteiger partial charge in [0.15, 0.2) is 0 Å². The minimum Gasteiger partial charge on any atom is -0.374 e. The topological polar surface area (TPSA) is 12.0 Å². The van der Waals surface area contributed by atoms with Crippen molar-refractivity contribution in [1.82, 2.24) is 0 Å². The molecule has 2 heteroatoms. The van der Waals surface area contributed by atoms with E-state index in [9.17, 15) is 0 Å². The second kappa shape index (κ2) is 4.27. The molecule has 0 fully saturated rings. The Bertz CT molecular complexity index is 560. The predicted octanol–water partition coefficient (Wildman–Crippen LogP) is 4.43. The number of benzene rings is 2. The molecular formula is C15H12ClN. The second-order valence-corrected chi connectivity index (χ2v) is 4.50. The Hall–Kier alpha value is -1.73. The highest BCUT2D eigenvalue weighted by atomic mass is 35.5. The monoisotopic (exact) mass is 241 g/mol. The van der Waals surface area contributed by atoms with E-state index in [1.54, 1.807) is 0 Å². The number of hydrogen-bond donors (Lipinski definition) is 1. The van der Waals surface area contributed by atoms with Crippen molar-refractivity contribution in [1.29, 1.82) is 0 Å². The zero-order chi connectivity index (χ0) is 11.7. The Morgan fingerprint density at radius 2 is 1.59 bits per heavy atom. The lowest BCUT2D eigenvalue weighted by atomic mass is 10.00. The fourth-order valence-electron chi connectivity index (χ4n) is 2.10. The SMILES string of the molecule is ClC1=CC(c2ccccc2)Nc2ccccc21. The van der Waals surface area contributed by atoms with Gasteiger partial charge in [0.1, 0.15) is 0 Å². The Morgan fingerprint density at radius 1 is 0.882 bits per heavy atom. The normalized spacial score (nSPS) is 17.9. The zero-order valence-corrected chi connectivity index (χ0v) is 9.98. The molecule has 0 saturated heterocycles. The first-order chi connectivity index (χ1) is 8.34. The smallest absolute Gasteiger partial charge is 0.0715 e. The minimum absolute atomic E-state index is 0.151. The average molecular weight is 242 g/mol. The van der Waals surface area contributed by atoms with Crippen molar-refractivity contribution in [2.45, 2.75) is 6.04 Å². The molecule has 1 atom stereocenters. The van der Waals surface area contributed by atoms with Crippen LogP contribution in [0.15, 0.2) is 60.7 Å². The first-order valence-electron chi connectivity index (χ1n) is 5.63. The zero-order valence-electron chi connectivity index (χ0n) is 9.23. The van der Waals surface area contributed by atoms with Crippen LogP contribution in [0.4, 0.5) is 5.69 Å². The number of fused-ring (bicyclic) bond motifs is 1. The number of para-hydroxylation sites is 1. The van der Waals surface area contributed by atoms with Gasteiger partial charge in [0.05, 0.1) is 6.04 Å². The highest BCUT2D eigenvalue weighted by Crippen LogP contribution is 2.36. The molecule has 0 saturated carbocycles. The lowest BCUT2D eigenvalue weighted by Gasteiger charge is -2.24. The van der Waals surface area contributed by atoms with Crippen molar-refractivity contribution in [3.8, 4) is 0 Å². The second-order valence-electron chi connectivity index (χ2n) is 4.09. The molecule has 17 heavy (non-hydrogen) atoms. The number of rotatable bonds is 1. The molecule has 0 radical (unpaired) electrons. The number of nitrogens with one attached hydrogen (secondary N) is 1. The highest BCUT2D eigenvalue weighted by Gasteiger charge is 2.17. The highest BCUT2D eigenvalue weighted by molar-refractivity contribution is 6.49. The molecule has 0 spiro atoms. The summed E-state index contributed by atoms with van der Waals surface area (Å²) < 4.78 is 0. The van der Waals surface area contributed by atoms with E-state index in [0.29, 0.717) is 0 Å². The fraction of sp³-hybridized carbons (Fsp3) is 0.0667. The van der Waals surface area contributed by atoms with Crippen molar-refractivity contribution in [2.75, 3.05) is 5.32 Å². The van der Waals surface area contributed by atoms with Crippen LogP contribution in [0.2, 0.25) is 0 Å². The predicted molar refractivity (Wildman–Crippen MR) is 73.1 cm³/mol. The largest absolute Gasteiger partial charge is 0.374 e. The molecule has 1 aliphatic rings. The van der Waals surface area contributed by atoms with Crippen LogP contribution < -0.4 is 5.32 Å². The molecule has 84 valence electrons. The van der Waals surface area contributed by atoms with Gasteiger partial charge in [-0.05, 0) is 17.7 Å². The van der Waals surface area contributed by atoms with Gasteiger partial charge in [-0.25, -0.2) is 0 Å². The van der Waals surface area contributed by atoms with Gasteiger partial charge < -0.3 is 5.32 Å². The Morgan fingerprint density at radius 3 is 2.41 bits per heavy atom. The van der Waals surface area contributed by atoms with Gasteiger partial charge in [0.2, 0.25) is 0 Å². The van der Waals surface area contributed by atoms with E-state index >= 15 is 0 Å². The summed E-state index contributed by atoms with van der Waals surface area (Å²) in [5, 5.41) is 4.30. The summed E-state index contributed by atoms with van der Waals surface area (Å²) in [4.78, 5) is 0. The molecule has 2 aromatic rings. The van der Waals surface area contributed by atoms with Gasteiger partial charge >= 0.3 is 0 Å². The molecule has 0 aromatic heterocycles. The summed E-state index contributed by atoms with van der Waals surface area (Å²) in [5.41, 5.74) is 3.38. The molecule has 1 unspecified atom stereocenters. The van der Waals surface area contributed by atoms with Crippen molar-refractivity contribution in [3.05, 3.63) is 71.8 Å². The standard InChI is InChI=1S/C15H12ClN/c16-13-10-15(11-6-2-1-3-7-11)17-14-9-5-4-8-12(13)14/h1-10,15,17H. The van der Waals surface area contributed by atoms with E-state index in [1.807, 2.05) is 36.4 Å². The summed E-state index contributed by atoms with van der Waals surface area (Å²) in [6, 6.07) is 18.6. The summed E-state index contributed by atoms with van der Waals surface area (Å²) in [7, 11) is 0. The quantitative estimate of drug-likeness (QED) is 0.779. The lowest BCUT2D eigenvalue weighted by molar-refractivity contribution is 0.977. The third-order valence-corrected chi connectivity index (χ3v) is 3.30. The van der Waals surface area contributed by atoms with Crippen LogP contribution in [0.1, 0.15) is 17.2 Å². The van der Waals surface area contributed by atoms with Crippen molar-refractivity contribution in [2.24, 2.45) is 0 Å². The van der Waals surface area contributed by atoms with Gasteiger partial charge in [0, 0.05) is 16.3 Å². The average Bonchev–Trinajstić information content (AvgIpc) is 2.40. The van der Waals surface area contributed by atoms with Crippen LogP contribution in [-0.4, -0.2) is 0 Å². The van der Waals surface area contributed by atoms with Crippen LogP contribution in [-0.2, 0) is 0 Å². The minimum atomic E-state index is 0.151. The molecule has 2 aromatic carbocycles. The van der Waals surface area contributed by atoms with E-state index in [1.165, 1.54) is 5.56 Å². The first-order valence-corrected chi connectivity index (χ1v) is 6.00. The summed E-state index contributed by atoms with van der Waals surface area (Å²) in [5.74, 6) is 0. The van der Waals surface area contributed by atoms with Crippen LogP contribution >= 0.6 is 11.6 Å². The Kier molecular flexibility index (Phi) is 2.62. The van der Waals surface area contributed by atoms with Crippen LogP contribution in [0.3, 0.4) is 0 Å². The molecule has 0 bridgehead atoms. The molecule has 0 aliphatic carbocycles. The van der Waals surface area contributed by atoms with Crippen LogP contribution in [0, 0.1) is 0 Å². The van der Waals surface area contributed by atoms with E-state index in [2.05, 4.69) is 29.6 Å². The maximum absolute atomic E-state index is 6.31. The Labute approximate surface area is 106 Å². The van der Waals surface area contributed by atoms with Crippen molar-refractivity contribution in [3.63, 3.8) is 0 Å². The number of halogens is 1. The summed E-state index contributed by atoms with van der Waals surface area (Å²) in [6.45, 7) is 0. The maximum Gasteiger partial charge on any atom is 0.0715 e. The third kappa shape index (κ3) is 1.94. The molecule has 1 heterocycles. The Balaban J connectivity index is 2.02. The molecular weight excluding hydrogens is 230 g/mol. The summed E-state index contributed by atoms with van der Waals surface area (Å²) in [6.07, 6.45) is 2.05. The lowest BCUT2D eigenvalue weighted by Crippen LogP contribution is -2.13. The molecule has 1 aliphatic heterocycles. The summed E-state index contributed by atoms with van der Waals surface area (Å²) >= 11 is 6.31.